The van der Waals surface area contributed by atoms with Crippen molar-refractivity contribution in [3.63, 3.8) is 0 Å². The topological polar surface area (TPSA) is 92.2 Å². The Bertz CT molecular complexity index is 565. The molecule has 7 N–H and O–H groups in total. The molecule has 1 aromatic carbocycles. The number of para-hydroxylation sites is 1. The fourth-order valence-corrected chi connectivity index (χ4v) is 1.61. The highest BCUT2D eigenvalue weighted by Gasteiger charge is 2.05. The molecule has 1 heterocycles. The van der Waals surface area contributed by atoms with Gasteiger partial charge in [0.2, 0.25) is 0 Å². The Hall–Kier alpha value is -1.98. The highest BCUT2D eigenvalue weighted by atomic mass is 35.5. The van der Waals surface area contributed by atoms with Crippen LogP contribution in [0.1, 0.15) is 5.56 Å². The highest BCUT2D eigenvalue weighted by Crippen LogP contribution is 2.16. The van der Waals surface area contributed by atoms with E-state index < -0.39 is 0 Å². The molecule has 5 nitrogen and oxygen atoms in total. The largest absolute Gasteiger partial charge is 1.00 e. The van der Waals surface area contributed by atoms with Crippen LogP contribution in [0.4, 0.5) is 17.2 Å². The Labute approximate surface area is 130 Å². The zero-order valence-electron chi connectivity index (χ0n) is 11.0. The summed E-state index contributed by atoms with van der Waals surface area (Å²) in [5, 5.41) is 3.30. The maximum absolute atomic E-state index is 5.36. The van der Waals surface area contributed by atoms with Crippen LogP contribution in [-0.2, 0) is 0 Å². The molecule has 20 heavy (non-hydrogen) atoms. The van der Waals surface area contributed by atoms with Crippen LogP contribution in [0.2, 0.25) is 0 Å². The number of nitrogens with one attached hydrogen (secondary N) is 3. The monoisotopic (exact) mass is 313 g/mol. The van der Waals surface area contributed by atoms with Crippen LogP contribution < -0.4 is 51.6 Å². The number of rotatable bonds is 3. The summed E-state index contributed by atoms with van der Waals surface area (Å²) in [4.78, 5) is 5.94. The molecular formula is C13H17Cl2N5. The molecule has 108 valence electrons. The van der Waals surface area contributed by atoms with E-state index in [1.54, 1.807) is 6.20 Å². The van der Waals surface area contributed by atoms with E-state index in [4.69, 9.17) is 11.5 Å². The standard InChI is InChI=1S/C13H15N5.2ClH/c1-9-4-2-3-5-11(9)18-12-7-6-10(8-16-12)17-13(14)15;;/h2-8H,1H3,(H,16,18)(H4,14,15,17);2*1H. The molecule has 0 aliphatic heterocycles. The van der Waals surface area contributed by atoms with Crippen molar-refractivity contribution in [2.24, 2.45) is 11.5 Å². The first-order chi connectivity index (χ1) is 8.65. The second-order valence-electron chi connectivity index (χ2n) is 4.01. The maximum atomic E-state index is 5.36. The van der Waals surface area contributed by atoms with Crippen molar-refractivity contribution in [3.05, 3.63) is 48.2 Å². The Morgan fingerprint density at radius 3 is 2.35 bits per heavy atom. The number of nitrogens with two attached hydrogens (primary N) is 2. The molecule has 2 rings (SSSR count). The number of halogens is 2. The number of benzene rings is 1. The number of aromatic amines is 1. The van der Waals surface area contributed by atoms with Crippen LogP contribution in [0, 0.1) is 6.92 Å². The molecule has 0 atom stereocenters. The quantitative estimate of drug-likeness (QED) is 0.335. The fourth-order valence-electron chi connectivity index (χ4n) is 1.61. The van der Waals surface area contributed by atoms with Crippen molar-refractivity contribution < 1.29 is 34.8 Å². The van der Waals surface area contributed by atoms with Crippen LogP contribution in [-0.4, -0.2) is 5.96 Å². The highest BCUT2D eigenvalue weighted by molar-refractivity contribution is 5.70. The average molecular weight is 314 g/mol. The van der Waals surface area contributed by atoms with Crippen molar-refractivity contribution in [1.82, 2.24) is 0 Å². The second kappa shape index (κ2) is 8.24. The summed E-state index contributed by atoms with van der Waals surface area (Å²) in [7, 11) is 0. The Morgan fingerprint density at radius 2 is 1.80 bits per heavy atom. The van der Waals surface area contributed by atoms with Gasteiger partial charge in [-0.2, -0.15) is 0 Å². The van der Waals surface area contributed by atoms with Gasteiger partial charge < -0.3 is 24.8 Å². The van der Waals surface area contributed by atoms with Crippen molar-refractivity contribution >= 4 is 23.2 Å². The van der Waals surface area contributed by atoms with E-state index in [0.29, 0.717) is 0 Å². The van der Waals surface area contributed by atoms with Crippen LogP contribution in [0.15, 0.2) is 42.6 Å². The van der Waals surface area contributed by atoms with E-state index in [9.17, 15) is 0 Å². The number of anilines is 2. The third kappa shape index (κ3) is 4.95. The van der Waals surface area contributed by atoms with Gasteiger partial charge in [0.25, 0.3) is 5.82 Å². The summed E-state index contributed by atoms with van der Waals surface area (Å²) in [6.07, 6.45) is 1.79. The van der Waals surface area contributed by atoms with Crippen LogP contribution in [0.3, 0.4) is 0 Å². The molecule has 0 saturated carbocycles. The summed E-state index contributed by atoms with van der Waals surface area (Å²) < 4.78 is 0. The first kappa shape index (κ1) is 18.0. The van der Waals surface area contributed by atoms with Gasteiger partial charge in [0.05, 0.1) is 0 Å². The first-order valence-electron chi connectivity index (χ1n) is 5.64. The number of hydrogen-bond acceptors (Lipinski definition) is 1. The number of aromatic nitrogens is 1. The van der Waals surface area contributed by atoms with Gasteiger partial charge in [0, 0.05) is 6.07 Å². The van der Waals surface area contributed by atoms with Crippen molar-refractivity contribution in [3.8, 4) is 0 Å². The van der Waals surface area contributed by atoms with Crippen molar-refractivity contribution in [1.29, 1.82) is 0 Å². The lowest BCUT2D eigenvalue weighted by Crippen LogP contribution is -3.00. The zero-order chi connectivity index (χ0) is 13.0. The fraction of sp³-hybridized carbons (Fsp3) is 0.0769. The summed E-state index contributed by atoms with van der Waals surface area (Å²) in [5.41, 5.74) is 13.8. The van der Waals surface area contributed by atoms with E-state index in [2.05, 4.69) is 28.3 Å². The average Bonchev–Trinajstić information content (AvgIpc) is 2.34. The summed E-state index contributed by atoms with van der Waals surface area (Å²) in [5.74, 6) is 1.06. The van der Waals surface area contributed by atoms with Gasteiger partial charge in [-0.15, -0.1) is 0 Å². The molecule has 0 aliphatic carbocycles. The minimum Gasteiger partial charge on any atom is -1.00 e. The predicted molar refractivity (Wildman–Crippen MR) is 71.5 cm³/mol. The van der Waals surface area contributed by atoms with E-state index in [1.807, 2.05) is 30.3 Å². The van der Waals surface area contributed by atoms with Crippen molar-refractivity contribution in [2.45, 2.75) is 6.92 Å². The van der Waals surface area contributed by atoms with Crippen LogP contribution in [0.5, 0.6) is 0 Å². The van der Waals surface area contributed by atoms with E-state index in [-0.39, 0.29) is 30.8 Å². The Morgan fingerprint density at radius 1 is 1.10 bits per heavy atom. The summed E-state index contributed by atoms with van der Waals surface area (Å²) in [6.45, 7) is 2.06. The van der Waals surface area contributed by atoms with E-state index >= 15 is 0 Å². The van der Waals surface area contributed by atoms with Gasteiger partial charge in [0.15, 0.2) is 0 Å². The van der Waals surface area contributed by atoms with Crippen LogP contribution in [0.25, 0.3) is 0 Å². The molecule has 0 spiro atoms. The molecule has 2 aromatic rings. The minimum atomic E-state index is 0. The lowest BCUT2D eigenvalue weighted by Gasteiger charge is -2.01. The van der Waals surface area contributed by atoms with Crippen molar-refractivity contribution in [2.75, 3.05) is 5.32 Å². The zero-order valence-corrected chi connectivity index (χ0v) is 12.5. The molecule has 0 radical (unpaired) electrons. The molecule has 0 bridgehead atoms. The maximum Gasteiger partial charge on any atom is 0.343 e. The van der Waals surface area contributed by atoms with Gasteiger partial charge in [0.1, 0.15) is 17.6 Å². The first-order valence-corrected chi connectivity index (χ1v) is 5.64. The minimum absolute atomic E-state index is 0. The molecule has 0 aliphatic rings. The summed E-state index contributed by atoms with van der Waals surface area (Å²) in [6, 6.07) is 11.9. The van der Waals surface area contributed by atoms with Gasteiger partial charge in [-0.1, -0.05) is 18.2 Å². The molecule has 0 amide bonds. The van der Waals surface area contributed by atoms with Gasteiger partial charge in [-0.25, -0.2) is 15.3 Å². The lowest BCUT2D eigenvalue weighted by molar-refractivity contribution is -0.398. The number of pyridine rings is 1. The molecule has 0 unspecified atom stereocenters. The van der Waals surface area contributed by atoms with Crippen LogP contribution >= 0.6 is 0 Å². The molecular weight excluding hydrogens is 297 g/mol. The van der Waals surface area contributed by atoms with E-state index in [0.717, 1.165) is 17.2 Å². The number of H-pyrrole nitrogens is 1. The third-order valence-electron chi connectivity index (χ3n) is 2.52. The smallest absolute Gasteiger partial charge is 0.343 e. The lowest BCUT2D eigenvalue weighted by atomic mass is 10.2. The second-order valence-corrected chi connectivity index (χ2v) is 4.01. The van der Waals surface area contributed by atoms with Gasteiger partial charge >= 0.3 is 5.96 Å². The number of hydrogen-bond donors (Lipinski definition) is 4. The normalized spacial score (nSPS) is 8.85. The molecule has 1 aromatic heterocycles. The number of aryl methyl sites for hydroxylation is 1. The Kier molecular flexibility index (Phi) is 7.43. The summed E-state index contributed by atoms with van der Waals surface area (Å²) >= 11 is 0. The Balaban J connectivity index is 0.00000180. The van der Waals surface area contributed by atoms with Gasteiger partial charge in [-0.05, 0) is 24.6 Å². The number of guanidine groups is 1. The molecule has 7 heteroatoms. The van der Waals surface area contributed by atoms with E-state index in [1.165, 1.54) is 5.56 Å². The molecule has 0 fully saturated rings. The van der Waals surface area contributed by atoms with Gasteiger partial charge in [-0.3, -0.25) is 11.5 Å². The third-order valence-corrected chi connectivity index (χ3v) is 2.52. The SMILES string of the molecule is Cc1ccccc1Nc1ccc([NH+]=C(N)N)c[nH+]1.[Cl-].[Cl-]. The predicted octanol–water partition coefficient (Wildman–Crippen LogP) is -6.45. The molecule has 0 saturated heterocycles.